The van der Waals surface area contributed by atoms with Crippen LogP contribution in [-0.4, -0.2) is 124 Å². The predicted molar refractivity (Wildman–Crippen MR) is 311 cm³/mol. The van der Waals surface area contributed by atoms with Gasteiger partial charge in [-0.1, -0.05) is 43.8 Å². The van der Waals surface area contributed by atoms with Crippen molar-refractivity contribution in [2.45, 2.75) is 38.3 Å². The molecule has 522 valence electrons. The van der Waals surface area contributed by atoms with E-state index in [-0.39, 0.29) is 175 Å². The minimum atomic E-state index is -4.99. The Kier molecular flexibility index (Phi) is 35.1. The zero-order valence-electron chi connectivity index (χ0n) is 50.9. The number of methoxy groups -OCH3 is 3. The summed E-state index contributed by atoms with van der Waals surface area (Å²) in [7, 11) is -1.46. The van der Waals surface area contributed by atoms with E-state index in [1.54, 1.807) is 6.07 Å². The molecule has 3 aromatic carbocycles. The Morgan fingerprint density at radius 3 is 1.22 bits per heavy atom. The van der Waals surface area contributed by atoms with Gasteiger partial charge in [-0.25, -0.2) is 15.0 Å². The maximum Gasteiger partial charge on any atom is 1.00 e. The second-order valence-electron chi connectivity index (χ2n) is 18.0. The number of phenols is 2. The van der Waals surface area contributed by atoms with Crippen molar-refractivity contribution < 1.29 is 237 Å². The fourth-order valence-corrected chi connectivity index (χ4v) is 8.12. The van der Waals surface area contributed by atoms with Crippen molar-refractivity contribution in [2.24, 2.45) is 0 Å². The minimum absolute atomic E-state index is 0. The van der Waals surface area contributed by atoms with Gasteiger partial charge in [-0.05, 0) is 87.1 Å². The third-order valence-electron chi connectivity index (χ3n) is 11.2. The third kappa shape index (κ3) is 27.3. The van der Waals surface area contributed by atoms with Crippen molar-refractivity contribution in [3.8, 4) is 56.8 Å². The first-order valence-electron chi connectivity index (χ1n) is 25.0. The van der Waals surface area contributed by atoms with Crippen LogP contribution in [-0.2, 0) is 42.5 Å². The topological polar surface area (TPSA) is 314 Å². The molecule has 0 saturated carbocycles. The Morgan fingerprint density at radius 1 is 0.551 bits per heavy atom. The van der Waals surface area contributed by atoms with E-state index in [0.29, 0.717) is 17.5 Å². The molecule has 0 saturated heterocycles. The normalized spacial score (nSPS) is 11.2. The van der Waals surface area contributed by atoms with Crippen LogP contribution < -0.4 is 149 Å². The quantitative estimate of drug-likeness (QED) is 0.0361. The predicted octanol–water partition coefficient (Wildman–Crippen LogP) is 2.70. The van der Waals surface area contributed by atoms with E-state index < -0.39 is 111 Å². The molecule has 43 heteroatoms. The van der Waals surface area contributed by atoms with Gasteiger partial charge in [0.1, 0.15) is 55.9 Å². The van der Waals surface area contributed by atoms with Crippen LogP contribution in [0.25, 0.3) is 39.2 Å². The first-order valence-corrected chi connectivity index (χ1v) is 27.6. The molecule has 9 aromatic rings. The van der Waals surface area contributed by atoms with Crippen LogP contribution in [0.1, 0.15) is 25.9 Å². The summed E-state index contributed by atoms with van der Waals surface area (Å²) in [4.78, 5) is 58.9. The molecule has 0 aliphatic carbocycles. The number of benzene rings is 3. The van der Waals surface area contributed by atoms with Crippen molar-refractivity contribution in [3.05, 3.63) is 180 Å². The van der Waals surface area contributed by atoms with E-state index in [2.05, 4.69) is 44.7 Å². The van der Waals surface area contributed by atoms with Crippen molar-refractivity contribution in [1.82, 2.24) is 28.2 Å². The molecular formula is C55H47BBrF15K2N6O17S. The van der Waals surface area contributed by atoms with Gasteiger partial charge in [0.15, 0.2) is 30.3 Å². The van der Waals surface area contributed by atoms with Crippen LogP contribution in [0.5, 0.6) is 34.5 Å². The molecule has 0 unspecified atom stereocenters. The van der Waals surface area contributed by atoms with Crippen LogP contribution >= 0.6 is 15.9 Å². The monoisotopic (exact) mass is 1550 g/mol. The van der Waals surface area contributed by atoms with Gasteiger partial charge < -0.3 is 50.8 Å². The number of hydrogen-bond donors (Lipinski definition) is 4. The number of carbonyl (C=O) groups is 1. The zero-order valence-corrected chi connectivity index (χ0v) is 58.6. The number of ether oxygens (including phenoxy) is 4. The van der Waals surface area contributed by atoms with Crippen LogP contribution in [0.2, 0.25) is 0 Å². The zero-order chi connectivity index (χ0) is 71.8. The molecule has 6 aromatic heterocycles. The average molecular weight is 1550 g/mol. The number of halogens is 16. The number of alkyl halides is 15. The summed E-state index contributed by atoms with van der Waals surface area (Å²) in [5.41, 5.74) is -8.88. The summed E-state index contributed by atoms with van der Waals surface area (Å²) in [6, 6.07) is 23.2. The van der Waals surface area contributed by atoms with E-state index >= 15 is 0 Å². The molecule has 23 nitrogen and oxygen atoms in total. The summed E-state index contributed by atoms with van der Waals surface area (Å²) in [5, 5.41) is 44.0. The van der Waals surface area contributed by atoms with Crippen LogP contribution in [0.15, 0.2) is 147 Å². The van der Waals surface area contributed by atoms with E-state index in [9.17, 15) is 93.8 Å². The van der Waals surface area contributed by atoms with Gasteiger partial charge in [0, 0.05) is 36.8 Å². The minimum Gasteiger partial charge on any atom is -1.00 e. The van der Waals surface area contributed by atoms with E-state index in [4.69, 9.17) is 39.4 Å². The van der Waals surface area contributed by atoms with Crippen molar-refractivity contribution in [3.63, 3.8) is 0 Å². The first-order chi connectivity index (χ1) is 44.0. The Bertz CT molecular complexity index is 4470. The number of aromatic hydroxyl groups is 2. The summed E-state index contributed by atoms with van der Waals surface area (Å²) in [6.45, 7) is -3.57. The number of pyridine rings is 3. The molecule has 0 aliphatic heterocycles. The summed E-state index contributed by atoms with van der Waals surface area (Å²) in [6.07, 6.45) is -19.4. The maximum absolute atomic E-state index is 13.6. The second kappa shape index (κ2) is 38.4. The van der Waals surface area contributed by atoms with Gasteiger partial charge in [-0.2, -0.15) is 74.3 Å². The standard InChI is InChI=1S/C18H12F6N2O3.C16H11F3N2O3.C10H6BrF3N2O2.C6H7BO3.C3H5F3O3S.CH2O3.CH4.2K.H/c1-28-11-5-6-26-13(8-11)25-15(18(22,23)24)14(16(26)27)10-3-2-4-12(7-10)29-9-17(19,20)21;1-24-11-5-6-21-12(8-11)20-14(16(17,18)19)13(15(21)23)9-3-2-4-10(22)7-9;1-18-5-2-3-16-6(4-5)15-8(10(12,13)14)7(11)9(16)17;8-6-3-1-2-5(4-6)7(9)10;1-10(7,8)9-2-3(4,5)6;2-1-4-3;;;;/h2-8H,9H2,1H3;2-8,22H,1H3;2-4H,1H3;1-4,8-10H;2H2,1H3;1,3H;1H4;;;/q;;;;;;;2*+1;-1/p-1. The van der Waals surface area contributed by atoms with Crippen LogP contribution in [0.3, 0.4) is 0 Å². The SMILES string of the molecule is C.COc1ccn2c(=O)c(-c3cccc(O)c3)c(C(F)(F)F)nc2c1.COc1ccn2c(=O)c(-c3cccc(OCC(F)(F)F)c3)c(C(F)(F)F)nc2c1.COc1ccn2c(=O)c(Br)c(C(F)(F)F)nc2c1.CS(=O)(=O)OCC(F)(F)F.O=CO[O-].OB(O)c1cccc(O)c1.[H-].[K+].[K+]. The molecule has 0 atom stereocenters. The second-order valence-corrected chi connectivity index (χ2v) is 20.4. The number of rotatable bonds is 11. The molecule has 0 fully saturated rings. The number of hydrogen-bond acceptors (Lipinski definition) is 20. The number of phenolic OH excluding ortho intramolecular Hbond substituents is 2. The van der Waals surface area contributed by atoms with Gasteiger partial charge in [-0.3, -0.25) is 36.6 Å². The van der Waals surface area contributed by atoms with Crippen LogP contribution in [0, 0.1) is 0 Å². The molecular weight excluding hydrogens is 1500 g/mol. The third-order valence-corrected chi connectivity index (χ3v) is 12.4. The van der Waals surface area contributed by atoms with Gasteiger partial charge in [0.25, 0.3) is 33.3 Å². The number of aromatic nitrogens is 6. The summed E-state index contributed by atoms with van der Waals surface area (Å²) in [5.74, 6) is 0.232. The Balaban J connectivity index is 0.00000124. The largest absolute Gasteiger partial charge is 1.00 e. The molecule has 4 N–H and O–H groups in total. The summed E-state index contributed by atoms with van der Waals surface area (Å²) < 4.78 is 235. The van der Waals surface area contributed by atoms with Crippen LogP contribution in [0.4, 0.5) is 65.9 Å². The Hall–Kier alpha value is -6.43. The van der Waals surface area contributed by atoms with Crippen molar-refractivity contribution in [1.29, 1.82) is 0 Å². The molecule has 6 heterocycles. The maximum atomic E-state index is 13.6. The van der Waals surface area contributed by atoms with E-state index in [1.807, 2.05) is 0 Å². The smallest absolute Gasteiger partial charge is 1.00 e. The fourth-order valence-electron chi connectivity index (χ4n) is 7.26. The number of fused-ring (bicyclic) bond motifs is 3. The molecule has 98 heavy (non-hydrogen) atoms. The fraction of sp³-hybridized carbons (Fsp3) is 0.218. The van der Waals surface area contributed by atoms with E-state index in [1.165, 1.54) is 113 Å². The van der Waals surface area contributed by atoms with Gasteiger partial charge in [-0.15, -0.1) is 0 Å². The molecule has 9 rings (SSSR count). The molecule has 0 spiro atoms. The molecule has 0 amide bonds. The van der Waals surface area contributed by atoms with Gasteiger partial charge in [0.05, 0.1) is 38.7 Å². The van der Waals surface area contributed by atoms with Gasteiger partial charge >= 0.3 is 141 Å². The Labute approximate surface area is 636 Å². The first kappa shape index (κ1) is 89.6. The number of carbonyl (C=O) groups excluding carboxylic acids is 1. The molecule has 0 radical (unpaired) electrons. The number of nitrogens with zero attached hydrogens (tertiary/aromatic N) is 6. The Morgan fingerprint density at radius 2 is 0.908 bits per heavy atom. The van der Waals surface area contributed by atoms with E-state index in [0.717, 1.165) is 43.5 Å². The van der Waals surface area contributed by atoms with Crippen molar-refractivity contribution >= 4 is 62.0 Å². The van der Waals surface area contributed by atoms with Gasteiger partial charge in [0.2, 0.25) is 0 Å². The van der Waals surface area contributed by atoms with Crippen molar-refractivity contribution in [2.75, 3.05) is 40.8 Å². The molecule has 0 bridgehead atoms. The molecule has 0 aliphatic rings. The average Bonchev–Trinajstić information content (AvgIpc) is 0.770. The summed E-state index contributed by atoms with van der Waals surface area (Å²) >= 11 is 2.63.